The number of aryl methyl sites for hydroxylation is 1. The van der Waals surface area contributed by atoms with Crippen LogP contribution in [0.25, 0.3) is 6.08 Å². The van der Waals surface area contributed by atoms with E-state index in [2.05, 4.69) is 5.32 Å². The van der Waals surface area contributed by atoms with E-state index < -0.39 is 0 Å². The molecular formula is C20H21Cl2NO2. The van der Waals surface area contributed by atoms with Crippen LogP contribution in [0, 0.1) is 6.92 Å². The van der Waals surface area contributed by atoms with E-state index in [0.717, 1.165) is 28.9 Å². The van der Waals surface area contributed by atoms with Gasteiger partial charge in [0.1, 0.15) is 5.75 Å². The fourth-order valence-corrected chi connectivity index (χ4v) is 3.03. The molecule has 1 atom stereocenters. The maximum atomic E-state index is 12.3. The topological polar surface area (TPSA) is 38.3 Å². The molecule has 0 aliphatic rings. The van der Waals surface area contributed by atoms with E-state index in [1.165, 1.54) is 6.08 Å². The summed E-state index contributed by atoms with van der Waals surface area (Å²) in [6.45, 7) is 4.02. The van der Waals surface area contributed by atoms with Crippen molar-refractivity contribution in [2.45, 2.75) is 26.3 Å². The Morgan fingerprint density at radius 1 is 1.24 bits per heavy atom. The number of carbonyl (C=O) groups is 1. The van der Waals surface area contributed by atoms with Crippen LogP contribution in [0.15, 0.2) is 42.5 Å². The molecule has 132 valence electrons. The van der Waals surface area contributed by atoms with Gasteiger partial charge in [-0.3, -0.25) is 4.79 Å². The van der Waals surface area contributed by atoms with Crippen molar-refractivity contribution in [2.75, 3.05) is 7.11 Å². The van der Waals surface area contributed by atoms with E-state index in [1.54, 1.807) is 31.4 Å². The number of methoxy groups -OCH3 is 1. The largest absolute Gasteiger partial charge is 0.496 e. The molecule has 0 aliphatic carbocycles. The lowest BCUT2D eigenvalue weighted by Gasteiger charge is -2.18. The molecule has 0 heterocycles. The minimum atomic E-state index is -0.175. The van der Waals surface area contributed by atoms with Gasteiger partial charge in [-0.1, -0.05) is 48.3 Å². The maximum Gasteiger partial charge on any atom is 0.244 e. The Bertz CT molecular complexity index is 787. The normalized spacial score (nSPS) is 12.2. The minimum Gasteiger partial charge on any atom is -0.496 e. The van der Waals surface area contributed by atoms with Crippen molar-refractivity contribution in [3.8, 4) is 5.75 Å². The molecule has 2 aromatic carbocycles. The molecule has 0 aliphatic heterocycles. The molecule has 0 radical (unpaired) electrons. The predicted octanol–water partition coefficient (Wildman–Crippen LogP) is 5.59. The first kappa shape index (κ1) is 19.4. The summed E-state index contributed by atoms with van der Waals surface area (Å²) in [5, 5.41) is 4.08. The lowest BCUT2D eigenvalue weighted by molar-refractivity contribution is -0.117. The Balaban J connectivity index is 2.09. The summed E-state index contributed by atoms with van der Waals surface area (Å²) in [4.78, 5) is 12.3. The van der Waals surface area contributed by atoms with Gasteiger partial charge >= 0.3 is 0 Å². The first-order valence-corrected chi connectivity index (χ1v) is 8.78. The zero-order valence-corrected chi connectivity index (χ0v) is 16.0. The zero-order chi connectivity index (χ0) is 18.4. The molecule has 2 rings (SSSR count). The standard InChI is InChI=1S/C20H21Cl2NO2/c1-4-18(15-6-9-19(25-3)13(2)11-15)23-20(24)10-7-14-5-8-16(21)12-17(14)22/h5-12,18H,4H2,1-3H3,(H,23,24)/b10-7+. The Hall–Kier alpha value is -1.97. The van der Waals surface area contributed by atoms with Crippen molar-refractivity contribution in [2.24, 2.45) is 0 Å². The third-order valence-corrected chi connectivity index (χ3v) is 4.49. The molecule has 1 N–H and O–H groups in total. The highest BCUT2D eigenvalue weighted by molar-refractivity contribution is 6.35. The van der Waals surface area contributed by atoms with E-state index in [4.69, 9.17) is 27.9 Å². The number of ether oxygens (including phenoxy) is 1. The summed E-state index contributed by atoms with van der Waals surface area (Å²) < 4.78 is 5.28. The molecule has 0 spiro atoms. The molecule has 0 aromatic heterocycles. The van der Waals surface area contributed by atoms with Crippen LogP contribution in [-0.4, -0.2) is 13.0 Å². The average molecular weight is 378 g/mol. The summed E-state index contributed by atoms with van der Waals surface area (Å²) >= 11 is 12.0. The van der Waals surface area contributed by atoms with Crippen molar-refractivity contribution >= 4 is 35.2 Å². The average Bonchev–Trinajstić information content (AvgIpc) is 2.58. The van der Waals surface area contributed by atoms with Gasteiger partial charge in [-0.05, 0) is 54.3 Å². The van der Waals surface area contributed by atoms with Crippen LogP contribution in [0.2, 0.25) is 10.0 Å². The molecule has 5 heteroatoms. The number of halogens is 2. The molecule has 0 saturated carbocycles. The van der Waals surface area contributed by atoms with Gasteiger partial charge < -0.3 is 10.1 Å². The summed E-state index contributed by atoms with van der Waals surface area (Å²) in [7, 11) is 1.65. The molecule has 2 aromatic rings. The van der Waals surface area contributed by atoms with Crippen molar-refractivity contribution < 1.29 is 9.53 Å². The predicted molar refractivity (Wildman–Crippen MR) is 104 cm³/mol. The van der Waals surface area contributed by atoms with Crippen LogP contribution in [0.3, 0.4) is 0 Å². The van der Waals surface area contributed by atoms with Gasteiger partial charge in [-0.2, -0.15) is 0 Å². The summed E-state index contributed by atoms with van der Waals surface area (Å²) in [5.74, 6) is 0.661. The lowest BCUT2D eigenvalue weighted by atomic mass is 10.0. The monoisotopic (exact) mass is 377 g/mol. The van der Waals surface area contributed by atoms with Crippen LogP contribution in [0.5, 0.6) is 5.75 Å². The fraction of sp³-hybridized carbons (Fsp3) is 0.250. The second-order valence-electron chi connectivity index (χ2n) is 5.70. The summed E-state index contributed by atoms with van der Waals surface area (Å²) in [6, 6.07) is 11.0. The molecular weight excluding hydrogens is 357 g/mol. The summed E-state index contributed by atoms with van der Waals surface area (Å²) in [6.07, 6.45) is 3.95. The second-order valence-corrected chi connectivity index (χ2v) is 6.54. The third kappa shape index (κ3) is 5.25. The van der Waals surface area contributed by atoms with E-state index in [1.807, 2.05) is 32.0 Å². The van der Waals surface area contributed by atoms with Crippen molar-refractivity contribution in [3.63, 3.8) is 0 Å². The third-order valence-electron chi connectivity index (χ3n) is 3.92. The Morgan fingerprint density at radius 2 is 2.00 bits per heavy atom. The van der Waals surface area contributed by atoms with Gasteiger partial charge in [0.05, 0.1) is 13.2 Å². The van der Waals surface area contributed by atoms with Gasteiger partial charge in [0.2, 0.25) is 5.91 Å². The SMILES string of the molecule is CCC(NC(=O)/C=C/c1ccc(Cl)cc1Cl)c1ccc(OC)c(C)c1. The van der Waals surface area contributed by atoms with E-state index in [0.29, 0.717) is 10.0 Å². The number of rotatable bonds is 6. The summed E-state index contributed by atoms with van der Waals surface area (Å²) in [5.41, 5.74) is 2.83. The number of nitrogens with one attached hydrogen (secondary N) is 1. The molecule has 1 amide bonds. The minimum absolute atomic E-state index is 0.0672. The Kier molecular flexibility index (Phi) is 6.91. The number of amides is 1. The van der Waals surface area contributed by atoms with E-state index >= 15 is 0 Å². The van der Waals surface area contributed by atoms with Gasteiger partial charge in [0.15, 0.2) is 0 Å². The highest BCUT2D eigenvalue weighted by Crippen LogP contribution is 2.25. The highest BCUT2D eigenvalue weighted by Gasteiger charge is 2.12. The van der Waals surface area contributed by atoms with Crippen molar-refractivity contribution in [3.05, 3.63) is 69.2 Å². The van der Waals surface area contributed by atoms with E-state index in [-0.39, 0.29) is 11.9 Å². The molecule has 3 nitrogen and oxygen atoms in total. The van der Waals surface area contributed by atoms with Gasteiger partial charge in [-0.25, -0.2) is 0 Å². The van der Waals surface area contributed by atoms with Gasteiger partial charge in [0.25, 0.3) is 0 Å². The molecule has 0 fully saturated rings. The fourth-order valence-electron chi connectivity index (χ4n) is 2.56. The van der Waals surface area contributed by atoms with E-state index in [9.17, 15) is 4.79 Å². The van der Waals surface area contributed by atoms with Crippen LogP contribution in [0.1, 0.15) is 36.1 Å². The van der Waals surface area contributed by atoms with Crippen molar-refractivity contribution in [1.82, 2.24) is 5.32 Å². The van der Waals surface area contributed by atoms with Crippen LogP contribution >= 0.6 is 23.2 Å². The number of hydrogen-bond acceptors (Lipinski definition) is 2. The number of carbonyl (C=O) groups excluding carboxylic acids is 1. The second kappa shape index (κ2) is 8.93. The van der Waals surface area contributed by atoms with Crippen molar-refractivity contribution in [1.29, 1.82) is 0 Å². The Labute approximate surface area is 158 Å². The van der Waals surface area contributed by atoms with Crippen LogP contribution in [0.4, 0.5) is 0 Å². The zero-order valence-electron chi connectivity index (χ0n) is 14.5. The Morgan fingerprint density at radius 3 is 2.60 bits per heavy atom. The van der Waals surface area contributed by atoms with Gasteiger partial charge in [-0.15, -0.1) is 0 Å². The first-order valence-electron chi connectivity index (χ1n) is 8.02. The van der Waals surface area contributed by atoms with Gasteiger partial charge in [0, 0.05) is 16.1 Å². The molecule has 1 unspecified atom stereocenters. The first-order chi connectivity index (χ1) is 11.9. The highest BCUT2D eigenvalue weighted by atomic mass is 35.5. The quantitative estimate of drug-likeness (QED) is 0.666. The lowest BCUT2D eigenvalue weighted by Crippen LogP contribution is -2.26. The van der Waals surface area contributed by atoms with Crippen LogP contribution < -0.4 is 10.1 Å². The molecule has 25 heavy (non-hydrogen) atoms. The smallest absolute Gasteiger partial charge is 0.244 e. The molecule has 0 bridgehead atoms. The van der Waals surface area contributed by atoms with Crippen LogP contribution in [-0.2, 0) is 4.79 Å². The number of hydrogen-bond donors (Lipinski definition) is 1. The maximum absolute atomic E-state index is 12.3. The molecule has 0 saturated heterocycles. The number of benzene rings is 2.